The molecule has 2 unspecified atom stereocenters. The lowest BCUT2D eigenvalue weighted by Gasteiger charge is -2.12. The van der Waals surface area contributed by atoms with Crippen LogP contribution < -0.4 is 5.73 Å². The maximum Gasteiger partial charge on any atom is 0.340 e. The number of aromatic amines is 1. The number of rotatable bonds is 5. The molecule has 0 aromatic carbocycles. The van der Waals surface area contributed by atoms with Crippen molar-refractivity contribution in [3.05, 3.63) is 22.1 Å². The molecule has 0 saturated carbocycles. The number of nitrogens with one attached hydrogen (secondary N) is 1. The second-order valence-corrected chi connectivity index (χ2v) is 3.00. The van der Waals surface area contributed by atoms with Crippen molar-refractivity contribution < 1.29 is 15.1 Å². The molecule has 0 spiro atoms. The molecule has 8 heteroatoms. The van der Waals surface area contributed by atoms with Gasteiger partial charge in [0.15, 0.2) is 6.10 Å². The van der Waals surface area contributed by atoms with Crippen molar-refractivity contribution in [2.45, 2.75) is 18.6 Å². The molecule has 0 aliphatic carbocycles. The SMILES string of the molecule is NCCC(O)C(O)c1ncc([N+](=O)[O-])[nH]1. The van der Waals surface area contributed by atoms with E-state index in [0.717, 1.165) is 6.20 Å². The molecule has 1 heterocycles. The zero-order valence-electron chi connectivity index (χ0n) is 7.83. The molecule has 5 N–H and O–H groups in total. The number of H-pyrrole nitrogens is 1. The number of hydrogen-bond acceptors (Lipinski definition) is 6. The number of aliphatic hydroxyl groups is 2. The van der Waals surface area contributed by atoms with E-state index in [2.05, 4.69) is 9.97 Å². The molecule has 0 aliphatic rings. The van der Waals surface area contributed by atoms with Gasteiger partial charge in [0.2, 0.25) is 5.82 Å². The number of nitrogens with two attached hydrogens (primary N) is 1. The van der Waals surface area contributed by atoms with Gasteiger partial charge in [0.25, 0.3) is 0 Å². The van der Waals surface area contributed by atoms with Crippen LogP contribution in [0.5, 0.6) is 0 Å². The first-order valence-electron chi connectivity index (χ1n) is 4.31. The number of hydrogen-bond donors (Lipinski definition) is 4. The van der Waals surface area contributed by atoms with Crippen molar-refractivity contribution in [2.75, 3.05) is 6.54 Å². The standard InChI is InChI=1S/C7H12N4O4/c8-2-1-4(12)6(13)7-9-3-5(10-7)11(14)15/h3-4,6,12-13H,1-2,8H2,(H,9,10). The highest BCUT2D eigenvalue weighted by atomic mass is 16.6. The number of aliphatic hydroxyl groups excluding tert-OH is 2. The Morgan fingerprint density at radius 2 is 2.33 bits per heavy atom. The highest BCUT2D eigenvalue weighted by Gasteiger charge is 2.24. The number of imidazole rings is 1. The number of aromatic nitrogens is 2. The fourth-order valence-electron chi connectivity index (χ4n) is 1.08. The van der Waals surface area contributed by atoms with Gasteiger partial charge in [-0.1, -0.05) is 0 Å². The lowest BCUT2D eigenvalue weighted by molar-refractivity contribution is -0.389. The zero-order valence-corrected chi connectivity index (χ0v) is 7.83. The van der Waals surface area contributed by atoms with Gasteiger partial charge in [-0.05, 0) is 17.9 Å². The van der Waals surface area contributed by atoms with E-state index in [4.69, 9.17) is 5.73 Å². The average molecular weight is 216 g/mol. The van der Waals surface area contributed by atoms with Gasteiger partial charge in [0, 0.05) is 0 Å². The lowest BCUT2D eigenvalue weighted by atomic mass is 10.1. The van der Waals surface area contributed by atoms with Crippen LogP contribution in [0.4, 0.5) is 5.82 Å². The van der Waals surface area contributed by atoms with E-state index in [1.54, 1.807) is 0 Å². The summed E-state index contributed by atoms with van der Waals surface area (Å²) in [4.78, 5) is 15.5. The van der Waals surface area contributed by atoms with Crippen molar-refractivity contribution in [2.24, 2.45) is 5.73 Å². The minimum atomic E-state index is -1.29. The number of nitro groups is 1. The molecule has 0 radical (unpaired) electrons. The highest BCUT2D eigenvalue weighted by Crippen LogP contribution is 2.17. The third-order valence-electron chi connectivity index (χ3n) is 1.89. The summed E-state index contributed by atoms with van der Waals surface area (Å²) in [5.41, 5.74) is 5.19. The quantitative estimate of drug-likeness (QED) is 0.370. The lowest BCUT2D eigenvalue weighted by Crippen LogP contribution is -2.22. The van der Waals surface area contributed by atoms with Gasteiger partial charge in [-0.25, -0.2) is 9.97 Å². The summed E-state index contributed by atoms with van der Waals surface area (Å²) in [6, 6.07) is 0. The average Bonchev–Trinajstić information content (AvgIpc) is 2.65. The summed E-state index contributed by atoms with van der Waals surface area (Å²) in [6.07, 6.45) is -1.20. The van der Waals surface area contributed by atoms with Crippen molar-refractivity contribution >= 4 is 5.82 Å². The molecule has 1 rings (SSSR count). The maximum atomic E-state index is 10.3. The van der Waals surface area contributed by atoms with Crippen LogP contribution in [0.2, 0.25) is 0 Å². The maximum absolute atomic E-state index is 10.3. The molecule has 0 saturated heterocycles. The summed E-state index contributed by atoms with van der Waals surface area (Å²) < 4.78 is 0. The molecule has 1 aromatic heterocycles. The summed E-state index contributed by atoms with van der Waals surface area (Å²) in [5, 5.41) is 29.2. The molecule has 84 valence electrons. The van der Waals surface area contributed by atoms with Crippen molar-refractivity contribution in [1.29, 1.82) is 0 Å². The second-order valence-electron chi connectivity index (χ2n) is 3.00. The summed E-state index contributed by atoms with van der Waals surface area (Å²) in [5.74, 6) is -0.369. The van der Waals surface area contributed by atoms with Gasteiger partial charge in [-0.3, -0.25) is 0 Å². The molecular formula is C7H12N4O4. The first-order valence-corrected chi connectivity index (χ1v) is 4.31. The fourth-order valence-corrected chi connectivity index (χ4v) is 1.08. The smallest absolute Gasteiger partial charge is 0.340 e. The van der Waals surface area contributed by atoms with E-state index < -0.39 is 17.1 Å². The molecule has 0 aliphatic heterocycles. The van der Waals surface area contributed by atoms with E-state index >= 15 is 0 Å². The zero-order chi connectivity index (χ0) is 11.4. The first kappa shape index (κ1) is 11.6. The van der Waals surface area contributed by atoms with Crippen LogP contribution >= 0.6 is 0 Å². The summed E-state index contributed by atoms with van der Waals surface area (Å²) in [6.45, 7) is 0.209. The topological polar surface area (TPSA) is 138 Å². The molecule has 0 amide bonds. The molecule has 1 aromatic rings. The van der Waals surface area contributed by atoms with Crippen LogP contribution in [-0.2, 0) is 0 Å². The van der Waals surface area contributed by atoms with Gasteiger partial charge in [0.1, 0.15) is 6.20 Å². The van der Waals surface area contributed by atoms with Gasteiger partial charge < -0.3 is 26.1 Å². The van der Waals surface area contributed by atoms with Crippen molar-refractivity contribution in [3.63, 3.8) is 0 Å². The minimum Gasteiger partial charge on any atom is -0.390 e. The normalized spacial score (nSPS) is 14.9. The molecule has 8 nitrogen and oxygen atoms in total. The van der Waals surface area contributed by atoms with Gasteiger partial charge in [0.05, 0.1) is 6.10 Å². The minimum absolute atomic E-state index is 0.0392. The summed E-state index contributed by atoms with van der Waals surface area (Å²) >= 11 is 0. The fraction of sp³-hybridized carbons (Fsp3) is 0.571. The van der Waals surface area contributed by atoms with Crippen LogP contribution in [0.15, 0.2) is 6.20 Å². The first-order chi connectivity index (χ1) is 7.06. The Bertz CT molecular complexity index is 339. The van der Waals surface area contributed by atoms with Crippen molar-refractivity contribution in [1.82, 2.24) is 9.97 Å². The number of nitrogens with zero attached hydrogens (tertiary/aromatic N) is 2. The highest BCUT2D eigenvalue weighted by molar-refractivity contribution is 5.16. The van der Waals surface area contributed by atoms with E-state index in [9.17, 15) is 20.3 Å². The predicted octanol–water partition coefficient (Wildman–Crippen LogP) is -0.939. The predicted molar refractivity (Wildman–Crippen MR) is 49.9 cm³/mol. The summed E-state index contributed by atoms with van der Waals surface area (Å²) in [7, 11) is 0. The van der Waals surface area contributed by atoms with Crippen LogP contribution in [0.1, 0.15) is 18.3 Å². The molecular weight excluding hydrogens is 204 g/mol. The Balaban J connectivity index is 2.73. The molecule has 2 atom stereocenters. The van der Waals surface area contributed by atoms with Crippen LogP contribution in [0.25, 0.3) is 0 Å². The third-order valence-corrected chi connectivity index (χ3v) is 1.89. The van der Waals surface area contributed by atoms with Crippen LogP contribution in [0.3, 0.4) is 0 Å². The third kappa shape index (κ3) is 2.72. The Morgan fingerprint density at radius 3 is 2.80 bits per heavy atom. The van der Waals surface area contributed by atoms with E-state index in [1.165, 1.54) is 0 Å². The van der Waals surface area contributed by atoms with E-state index in [0.29, 0.717) is 0 Å². The van der Waals surface area contributed by atoms with Crippen LogP contribution in [-0.4, -0.2) is 37.8 Å². The largest absolute Gasteiger partial charge is 0.390 e. The van der Waals surface area contributed by atoms with Gasteiger partial charge in [-0.2, -0.15) is 0 Å². The van der Waals surface area contributed by atoms with Crippen molar-refractivity contribution in [3.8, 4) is 0 Å². The van der Waals surface area contributed by atoms with E-state index in [-0.39, 0.29) is 24.6 Å². The van der Waals surface area contributed by atoms with Gasteiger partial charge >= 0.3 is 5.82 Å². The Morgan fingerprint density at radius 1 is 1.67 bits per heavy atom. The molecule has 0 bridgehead atoms. The molecule has 0 fully saturated rings. The van der Waals surface area contributed by atoms with E-state index in [1.807, 2.05) is 0 Å². The van der Waals surface area contributed by atoms with Gasteiger partial charge in [-0.15, -0.1) is 0 Å². The Kier molecular flexibility index (Phi) is 3.72. The monoisotopic (exact) mass is 216 g/mol. The molecule has 15 heavy (non-hydrogen) atoms. The van der Waals surface area contributed by atoms with Crippen LogP contribution in [0, 0.1) is 10.1 Å². The Hall–Kier alpha value is -1.51. The Labute approximate surface area is 84.9 Å². The second kappa shape index (κ2) is 4.82.